The number of aromatic amines is 1. The molecule has 0 aromatic carbocycles. The predicted molar refractivity (Wildman–Crippen MR) is 42.5 cm³/mol. The van der Waals surface area contributed by atoms with E-state index in [4.69, 9.17) is 5.11 Å². The smallest absolute Gasteiger partial charge is 0.358 e. The van der Waals surface area contributed by atoms with Crippen LogP contribution in [0.1, 0.15) is 16.2 Å². The van der Waals surface area contributed by atoms with Gasteiger partial charge in [0.2, 0.25) is 0 Å². The summed E-state index contributed by atoms with van der Waals surface area (Å²) in [5.74, 6) is -1.10. The Labute approximate surface area is 77.6 Å². The van der Waals surface area contributed by atoms with E-state index in [2.05, 4.69) is 25.7 Å². The molecule has 0 amide bonds. The van der Waals surface area contributed by atoms with Crippen LogP contribution < -0.4 is 0 Å². The summed E-state index contributed by atoms with van der Waals surface area (Å²) in [7, 11) is 0. The van der Waals surface area contributed by atoms with Crippen molar-refractivity contribution in [2.75, 3.05) is 0 Å². The van der Waals surface area contributed by atoms with E-state index >= 15 is 0 Å². The first-order valence-corrected chi connectivity index (χ1v) is 3.74. The second-order valence-electron chi connectivity index (χ2n) is 2.57. The summed E-state index contributed by atoms with van der Waals surface area (Å²) < 4.78 is 1.38. The van der Waals surface area contributed by atoms with Crippen LogP contribution in [0, 0.1) is 0 Å². The maximum atomic E-state index is 10.5. The third-order valence-electron chi connectivity index (χ3n) is 1.55. The molecule has 2 N–H and O–H groups in total. The molecule has 0 radical (unpaired) electrons. The average Bonchev–Trinajstić information content (AvgIpc) is 2.75. The van der Waals surface area contributed by atoms with E-state index in [1.54, 1.807) is 0 Å². The Balaban J connectivity index is 2.14. The summed E-state index contributed by atoms with van der Waals surface area (Å²) in [6, 6.07) is 0. The van der Waals surface area contributed by atoms with Crippen molar-refractivity contribution >= 4 is 5.97 Å². The van der Waals surface area contributed by atoms with Gasteiger partial charge in [-0.15, -0.1) is 5.10 Å². The molecule has 0 aliphatic heterocycles. The SMILES string of the molecule is O=C(O)c1cn(Cc2cn[nH]n2)nn1. The number of carbonyl (C=O) groups is 1. The molecule has 8 nitrogen and oxygen atoms in total. The van der Waals surface area contributed by atoms with Crippen LogP contribution >= 0.6 is 0 Å². The number of rotatable bonds is 3. The number of carboxylic acids is 1. The van der Waals surface area contributed by atoms with Crippen LogP contribution in [0.25, 0.3) is 0 Å². The molecule has 72 valence electrons. The van der Waals surface area contributed by atoms with Crippen molar-refractivity contribution in [1.29, 1.82) is 0 Å². The van der Waals surface area contributed by atoms with Gasteiger partial charge in [0.15, 0.2) is 5.69 Å². The molecule has 14 heavy (non-hydrogen) atoms. The first-order chi connectivity index (χ1) is 6.75. The lowest BCUT2D eigenvalue weighted by atomic mass is 10.4. The Bertz CT molecular complexity index is 433. The molecule has 0 unspecified atom stereocenters. The molecular formula is C6H6N6O2. The predicted octanol–water partition coefficient (Wildman–Crippen LogP) is -0.857. The number of carboxylic acid groups (broad SMARTS) is 1. The van der Waals surface area contributed by atoms with Crippen molar-refractivity contribution < 1.29 is 9.90 Å². The molecule has 2 aromatic heterocycles. The lowest BCUT2D eigenvalue weighted by molar-refractivity contribution is 0.0690. The van der Waals surface area contributed by atoms with E-state index in [-0.39, 0.29) is 5.69 Å². The minimum atomic E-state index is -1.10. The van der Waals surface area contributed by atoms with Gasteiger partial charge in [-0.3, -0.25) is 0 Å². The van der Waals surface area contributed by atoms with Gasteiger partial charge in [0.05, 0.1) is 18.9 Å². The number of H-pyrrole nitrogens is 1. The van der Waals surface area contributed by atoms with Gasteiger partial charge < -0.3 is 5.11 Å². The van der Waals surface area contributed by atoms with Gasteiger partial charge in [0, 0.05) is 0 Å². The lowest BCUT2D eigenvalue weighted by Crippen LogP contribution is -2.00. The van der Waals surface area contributed by atoms with E-state index in [1.807, 2.05) is 0 Å². The fourth-order valence-electron chi connectivity index (χ4n) is 0.941. The molecule has 2 aromatic rings. The summed E-state index contributed by atoms with van der Waals surface area (Å²) in [5, 5.41) is 25.5. The maximum Gasteiger partial charge on any atom is 0.358 e. The normalized spacial score (nSPS) is 10.3. The molecular weight excluding hydrogens is 188 g/mol. The number of nitrogens with one attached hydrogen (secondary N) is 1. The summed E-state index contributed by atoms with van der Waals surface area (Å²) >= 11 is 0. The van der Waals surface area contributed by atoms with Crippen LogP contribution in [-0.4, -0.2) is 41.5 Å². The minimum Gasteiger partial charge on any atom is -0.476 e. The van der Waals surface area contributed by atoms with Crippen molar-refractivity contribution in [3.63, 3.8) is 0 Å². The van der Waals surface area contributed by atoms with Crippen LogP contribution in [-0.2, 0) is 6.54 Å². The van der Waals surface area contributed by atoms with E-state index in [9.17, 15) is 4.79 Å². The van der Waals surface area contributed by atoms with Gasteiger partial charge >= 0.3 is 5.97 Å². The molecule has 0 bridgehead atoms. The van der Waals surface area contributed by atoms with Crippen LogP contribution in [0.2, 0.25) is 0 Å². The standard InChI is InChI=1S/C6H6N6O2/c13-6(14)5-3-12(11-9-5)2-4-1-7-10-8-4/h1,3H,2H2,(H,13,14)(H,7,8,10). The number of aromatic nitrogens is 6. The lowest BCUT2D eigenvalue weighted by Gasteiger charge is -1.92. The van der Waals surface area contributed by atoms with Crippen molar-refractivity contribution in [2.24, 2.45) is 0 Å². The molecule has 0 aliphatic rings. The fourth-order valence-corrected chi connectivity index (χ4v) is 0.941. The van der Waals surface area contributed by atoms with E-state index in [0.717, 1.165) is 0 Å². The van der Waals surface area contributed by atoms with Crippen LogP contribution in [0.15, 0.2) is 12.4 Å². The van der Waals surface area contributed by atoms with E-state index in [0.29, 0.717) is 12.2 Å². The highest BCUT2D eigenvalue weighted by Gasteiger charge is 2.08. The van der Waals surface area contributed by atoms with Crippen LogP contribution in [0.4, 0.5) is 0 Å². The Morgan fingerprint density at radius 3 is 3.07 bits per heavy atom. The Morgan fingerprint density at radius 2 is 2.50 bits per heavy atom. The maximum absolute atomic E-state index is 10.5. The third kappa shape index (κ3) is 1.58. The number of hydrogen-bond acceptors (Lipinski definition) is 5. The zero-order valence-electron chi connectivity index (χ0n) is 6.95. The molecule has 8 heteroatoms. The molecule has 0 aliphatic carbocycles. The Hall–Kier alpha value is -2.25. The third-order valence-corrected chi connectivity index (χ3v) is 1.55. The summed E-state index contributed by atoms with van der Waals surface area (Å²) in [6.45, 7) is 0.344. The first-order valence-electron chi connectivity index (χ1n) is 3.74. The van der Waals surface area contributed by atoms with E-state index in [1.165, 1.54) is 17.1 Å². The highest BCUT2D eigenvalue weighted by Crippen LogP contribution is 1.96. The largest absolute Gasteiger partial charge is 0.476 e. The van der Waals surface area contributed by atoms with Gasteiger partial charge in [-0.25, -0.2) is 9.48 Å². The fraction of sp³-hybridized carbons (Fsp3) is 0.167. The van der Waals surface area contributed by atoms with Crippen molar-refractivity contribution in [1.82, 2.24) is 30.4 Å². The second kappa shape index (κ2) is 3.24. The van der Waals surface area contributed by atoms with Crippen molar-refractivity contribution in [2.45, 2.75) is 6.54 Å². The van der Waals surface area contributed by atoms with Crippen LogP contribution in [0.3, 0.4) is 0 Å². The molecule has 0 atom stereocenters. The molecule has 0 spiro atoms. The van der Waals surface area contributed by atoms with Gasteiger partial charge in [0.25, 0.3) is 0 Å². The summed E-state index contributed by atoms with van der Waals surface area (Å²) in [4.78, 5) is 10.5. The number of aromatic carboxylic acids is 1. The Kier molecular flexibility index (Phi) is 1.94. The Morgan fingerprint density at radius 1 is 1.64 bits per heavy atom. The van der Waals surface area contributed by atoms with Gasteiger partial charge in [0.1, 0.15) is 5.69 Å². The molecule has 0 fully saturated rings. The monoisotopic (exact) mass is 194 g/mol. The quantitative estimate of drug-likeness (QED) is 0.658. The second-order valence-corrected chi connectivity index (χ2v) is 2.57. The van der Waals surface area contributed by atoms with Crippen molar-refractivity contribution in [3.8, 4) is 0 Å². The van der Waals surface area contributed by atoms with Gasteiger partial charge in [-0.1, -0.05) is 5.21 Å². The van der Waals surface area contributed by atoms with Gasteiger partial charge in [-0.2, -0.15) is 15.4 Å². The zero-order chi connectivity index (χ0) is 9.97. The van der Waals surface area contributed by atoms with Crippen molar-refractivity contribution in [3.05, 3.63) is 23.8 Å². The molecule has 0 saturated carbocycles. The zero-order valence-corrected chi connectivity index (χ0v) is 6.95. The summed E-state index contributed by atoms with van der Waals surface area (Å²) in [6.07, 6.45) is 2.86. The highest BCUT2D eigenvalue weighted by atomic mass is 16.4. The number of hydrogen-bond donors (Lipinski definition) is 2. The van der Waals surface area contributed by atoms with E-state index < -0.39 is 5.97 Å². The highest BCUT2D eigenvalue weighted by molar-refractivity contribution is 5.84. The van der Waals surface area contributed by atoms with Gasteiger partial charge in [-0.05, 0) is 0 Å². The average molecular weight is 194 g/mol. The summed E-state index contributed by atoms with van der Waals surface area (Å²) in [5.41, 5.74) is 0.570. The molecule has 2 rings (SSSR count). The molecule has 0 saturated heterocycles. The first kappa shape index (κ1) is 8.35. The topological polar surface area (TPSA) is 110 Å². The minimum absolute atomic E-state index is 0.0894. The molecule has 2 heterocycles. The van der Waals surface area contributed by atoms with Crippen LogP contribution in [0.5, 0.6) is 0 Å². The number of nitrogens with zero attached hydrogens (tertiary/aromatic N) is 5.